The average molecular weight is 294 g/mol. The van der Waals surface area contributed by atoms with Crippen LogP contribution in [0, 0.1) is 11.7 Å². The van der Waals surface area contributed by atoms with Crippen molar-refractivity contribution in [2.45, 2.75) is 38.3 Å². The minimum Gasteiger partial charge on any atom is -0.393 e. The van der Waals surface area contributed by atoms with Crippen molar-refractivity contribution in [2.75, 3.05) is 26.7 Å². The van der Waals surface area contributed by atoms with Gasteiger partial charge in [0.25, 0.3) is 0 Å². The first-order chi connectivity index (χ1) is 10.1. The van der Waals surface area contributed by atoms with Crippen LogP contribution in [0.15, 0.2) is 24.3 Å². The monoisotopic (exact) mass is 294 g/mol. The number of halogens is 1. The van der Waals surface area contributed by atoms with Gasteiger partial charge in [-0.15, -0.1) is 0 Å². The molecule has 3 nitrogen and oxygen atoms in total. The second kappa shape index (κ2) is 7.87. The molecule has 1 aromatic carbocycles. The Morgan fingerprint density at radius 3 is 2.57 bits per heavy atom. The van der Waals surface area contributed by atoms with E-state index in [1.165, 1.54) is 6.07 Å². The smallest absolute Gasteiger partial charge is 0.127 e. The van der Waals surface area contributed by atoms with Crippen molar-refractivity contribution in [2.24, 2.45) is 5.92 Å². The molecule has 1 saturated heterocycles. The maximum Gasteiger partial charge on any atom is 0.127 e. The minimum atomic E-state index is -0.198. The van der Waals surface area contributed by atoms with Crippen molar-refractivity contribution in [3.8, 4) is 0 Å². The molecule has 0 bridgehead atoms. The van der Waals surface area contributed by atoms with Crippen molar-refractivity contribution in [1.29, 1.82) is 0 Å². The topological polar surface area (TPSA) is 35.5 Å². The molecule has 2 atom stereocenters. The zero-order valence-corrected chi connectivity index (χ0v) is 13.1. The van der Waals surface area contributed by atoms with Gasteiger partial charge in [0.05, 0.1) is 6.10 Å². The Morgan fingerprint density at radius 2 is 2.00 bits per heavy atom. The second-order valence-electron chi connectivity index (χ2n) is 6.07. The predicted octanol–water partition coefficient (Wildman–Crippen LogP) is 2.57. The molecule has 0 radical (unpaired) electrons. The van der Waals surface area contributed by atoms with Gasteiger partial charge in [-0.1, -0.05) is 18.2 Å². The number of likely N-dealkylation sites (tertiary alicyclic amines) is 1. The molecule has 2 rings (SSSR count). The number of benzene rings is 1. The van der Waals surface area contributed by atoms with E-state index in [1.807, 2.05) is 26.1 Å². The van der Waals surface area contributed by atoms with Gasteiger partial charge in [0.15, 0.2) is 0 Å². The van der Waals surface area contributed by atoms with Gasteiger partial charge in [0, 0.05) is 11.6 Å². The number of nitrogens with zero attached hydrogens (tertiary/aromatic N) is 1. The van der Waals surface area contributed by atoms with Gasteiger partial charge >= 0.3 is 0 Å². The number of nitrogens with one attached hydrogen (secondary N) is 1. The summed E-state index contributed by atoms with van der Waals surface area (Å²) in [5.74, 6) is 0.303. The molecule has 1 fully saturated rings. The van der Waals surface area contributed by atoms with Crippen LogP contribution in [-0.4, -0.2) is 42.8 Å². The molecule has 2 unspecified atom stereocenters. The molecule has 1 aromatic rings. The molecule has 0 spiro atoms. The predicted molar refractivity (Wildman–Crippen MR) is 83.7 cm³/mol. The molecule has 2 N–H and O–H groups in total. The Labute approximate surface area is 127 Å². The maximum atomic E-state index is 13.9. The zero-order valence-electron chi connectivity index (χ0n) is 13.1. The summed E-state index contributed by atoms with van der Waals surface area (Å²) in [7, 11) is 1.89. The van der Waals surface area contributed by atoms with E-state index in [-0.39, 0.29) is 18.0 Å². The highest BCUT2D eigenvalue weighted by Crippen LogP contribution is 2.23. The lowest BCUT2D eigenvalue weighted by Crippen LogP contribution is -2.38. The van der Waals surface area contributed by atoms with Crippen molar-refractivity contribution in [3.05, 3.63) is 35.6 Å². The van der Waals surface area contributed by atoms with E-state index in [4.69, 9.17) is 0 Å². The number of aliphatic hydroxyl groups excluding tert-OH is 1. The summed E-state index contributed by atoms with van der Waals surface area (Å²) < 4.78 is 13.9. The Morgan fingerprint density at radius 1 is 1.33 bits per heavy atom. The summed E-state index contributed by atoms with van der Waals surface area (Å²) in [4.78, 5) is 2.42. The third-order valence-electron chi connectivity index (χ3n) is 4.68. The molecule has 1 aliphatic heterocycles. The molecule has 21 heavy (non-hydrogen) atoms. The lowest BCUT2D eigenvalue weighted by atomic mass is 9.92. The Kier molecular flexibility index (Phi) is 6.15. The van der Waals surface area contributed by atoms with Crippen LogP contribution in [0.2, 0.25) is 0 Å². The molecular weight excluding hydrogens is 267 g/mol. The second-order valence-corrected chi connectivity index (χ2v) is 6.07. The number of rotatable bonds is 6. The third-order valence-corrected chi connectivity index (χ3v) is 4.68. The normalized spacial score (nSPS) is 20.4. The Hall–Kier alpha value is -0.970. The molecule has 4 heteroatoms. The fourth-order valence-electron chi connectivity index (χ4n) is 3.18. The van der Waals surface area contributed by atoms with Gasteiger partial charge in [-0.3, -0.25) is 0 Å². The Bertz CT molecular complexity index is 431. The summed E-state index contributed by atoms with van der Waals surface area (Å²) >= 11 is 0. The average Bonchev–Trinajstić information content (AvgIpc) is 2.50. The van der Waals surface area contributed by atoms with Crippen LogP contribution in [-0.2, 0) is 0 Å². The van der Waals surface area contributed by atoms with Gasteiger partial charge in [0.2, 0.25) is 0 Å². The summed E-state index contributed by atoms with van der Waals surface area (Å²) in [6, 6.07) is 7.05. The first kappa shape index (κ1) is 16.4. The molecule has 0 amide bonds. The standard InChI is InChI=1S/C17H27FN2O/c1-13(21)14-7-10-20(11-8-14)12-9-17(19-2)15-5-3-4-6-16(15)18/h3-6,13-14,17,19,21H,7-12H2,1-2H3. The molecule has 0 aromatic heterocycles. The van der Waals surface area contributed by atoms with E-state index in [2.05, 4.69) is 10.2 Å². The lowest BCUT2D eigenvalue weighted by molar-refractivity contribution is 0.0706. The molecule has 1 aliphatic rings. The first-order valence-electron chi connectivity index (χ1n) is 7.94. The molecule has 0 saturated carbocycles. The highest BCUT2D eigenvalue weighted by molar-refractivity contribution is 5.21. The van der Waals surface area contributed by atoms with E-state index < -0.39 is 0 Å². The number of hydrogen-bond acceptors (Lipinski definition) is 3. The van der Waals surface area contributed by atoms with Gasteiger partial charge in [-0.05, 0) is 64.9 Å². The summed E-state index contributed by atoms with van der Waals surface area (Å²) in [6.07, 6.45) is 2.82. The molecule has 0 aliphatic carbocycles. The van der Waals surface area contributed by atoms with Crippen molar-refractivity contribution >= 4 is 0 Å². The summed E-state index contributed by atoms with van der Waals surface area (Å²) in [5.41, 5.74) is 0.749. The zero-order chi connectivity index (χ0) is 15.2. The first-order valence-corrected chi connectivity index (χ1v) is 7.94. The minimum absolute atomic E-state index is 0.0562. The van der Waals surface area contributed by atoms with Crippen molar-refractivity contribution in [3.63, 3.8) is 0 Å². The van der Waals surface area contributed by atoms with Crippen LogP contribution >= 0.6 is 0 Å². The van der Waals surface area contributed by atoms with Gasteiger partial charge in [-0.25, -0.2) is 4.39 Å². The lowest BCUT2D eigenvalue weighted by Gasteiger charge is -2.34. The SMILES string of the molecule is CNC(CCN1CCC(C(C)O)CC1)c1ccccc1F. The fourth-order valence-corrected chi connectivity index (χ4v) is 3.18. The highest BCUT2D eigenvalue weighted by atomic mass is 19.1. The van der Waals surface area contributed by atoms with E-state index in [9.17, 15) is 9.50 Å². The van der Waals surface area contributed by atoms with E-state index >= 15 is 0 Å². The Balaban J connectivity index is 1.83. The van der Waals surface area contributed by atoms with E-state index in [1.54, 1.807) is 6.07 Å². The van der Waals surface area contributed by atoms with Crippen molar-refractivity contribution in [1.82, 2.24) is 10.2 Å². The molecule has 118 valence electrons. The number of aliphatic hydroxyl groups is 1. The number of hydrogen-bond donors (Lipinski definition) is 2. The van der Waals surface area contributed by atoms with E-state index in [0.29, 0.717) is 5.92 Å². The van der Waals surface area contributed by atoms with Crippen LogP contribution in [0.5, 0.6) is 0 Å². The van der Waals surface area contributed by atoms with Crippen molar-refractivity contribution < 1.29 is 9.50 Å². The van der Waals surface area contributed by atoms with Gasteiger partial charge in [0.1, 0.15) is 5.82 Å². The van der Waals surface area contributed by atoms with Crippen LogP contribution in [0.4, 0.5) is 4.39 Å². The van der Waals surface area contributed by atoms with Gasteiger partial charge in [-0.2, -0.15) is 0 Å². The van der Waals surface area contributed by atoms with Gasteiger partial charge < -0.3 is 15.3 Å². The largest absolute Gasteiger partial charge is 0.393 e. The fraction of sp³-hybridized carbons (Fsp3) is 0.647. The molecular formula is C17H27FN2O. The molecule has 1 heterocycles. The van der Waals surface area contributed by atoms with Crippen LogP contribution < -0.4 is 5.32 Å². The summed E-state index contributed by atoms with van der Waals surface area (Å²) in [6.45, 7) is 4.91. The van der Waals surface area contributed by atoms with Crippen LogP contribution in [0.25, 0.3) is 0 Å². The quantitative estimate of drug-likeness (QED) is 0.846. The van der Waals surface area contributed by atoms with Crippen LogP contribution in [0.3, 0.4) is 0 Å². The summed E-state index contributed by atoms with van der Waals surface area (Å²) in [5, 5.41) is 12.8. The van der Waals surface area contributed by atoms with Crippen LogP contribution in [0.1, 0.15) is 37.8 Å². The number of piperidine rings is 1. The third kappa shape index (κ3) is 4.50. The van der Waals surface area contributed by atoms with E-state index in [0.717, 1.165) is 44.5 Å². The highest BCUT2D eigenvalue weighted by Gasteiger charge is 2.23. The maximum absolute atomic E-state index is 13.9.